The minimum Gasteiger partial charge on any atom is -0.462 e. The lowest BCUT2D eigenvalue weighted by Crippen LogP contribution is -2.46. The van der Waals surface area contributed by atoms with Crippen LogP contribution >= 0.6 is 11.6 Å². The fourth-order valence-corrected chi connectivity index (χ4v) is 3.82. The summed E-state index contributed by atoms with van der Waals surface area (Å²) in [5.41, 5.74) is 5.43. The van der Waals surface area contributed by atoms with Gasteiger partial charge in [0.2, 0.25) is 5.91 Å². The van der Waals surface area contributed by atoms with E-state index in [-0.39, 0.29) is 37.3 Å². The largest absolute Gasteiger partial charge is 0.462 e. The molecule has 0 saturated carbocycles. The number of esters is 1. The van der Waals surface area contributed by atoms with E-state index in [1.165, 1.54) is 22.6 Å². The molecular weight excluding hydrogens is 502 g/mol. The number of nitrogens with zero attached hydrogens (tertiary/aromatic N) is 3. The number of hydrogen-bond acceptors (Lipinski definition) is 8. The van der Waals surface area contributed by atoms with E-state index in [0.29, 0.717) is 23.0 Å². The quantitative estimate of drug-likeness (QED) is 0.350. The highest BCUT2D eigenvalue weighted by Gasteiger charge is 2.35. The summed E-state index contributed by atoms with van der Waals surface area (Å²) in [7, 11) is 0. The number of aromatic nitrogens is 2. The van der Waals surface area contributed by atoms with Gasteiger partial charge in [0.15, 0.2) is 5.82 Å². The molecule has 12 heteroatoms. The third-order valence-electron chi connectivity index (χ3n) is 5.42. The van der Waals surface area contributed by atoms with Gasteiger partial charge in [-0.25, -0.2) is 0 Å². The molecule has 0 radical (unpaired) electrons. The number of halogens is 1. The number of rotatable bonds is 12. The molecule has 200 valence electrons. The lowest BCUT2D eigenvalue weighted by Gasteiger charge is -2.28. The molecule has 2 heterocycles. The summed E-state index contributed by atoms with van der Waals surface area (Å²) in [6.07, 6.45) is 2.35. The molecule has 0 fully saturated rings. The van der Waals surface area contributed by atoms with Crippen LogP contribution in [-0.4, -0.2) is 68.9 Å². The highest BCUT2D eigenvalue weighted by molar-refractivity contribution is 6.32. The van der Waals surface area contributed by atoms with E-state index in [2.05, 4.69) is 10.4 Å². The van der Waals surface area contributed by atoms with Crippen molar-refractivity contribution in [1.82, 2.24) is 14.7 Å². The van der Waals surface area contributed by atoms with Gasteiger partial charge >= 0.3 is 5.97 Å². The second-order valence-corrected chi connectivity index (χ2v) is 9.65. The Bertz CT molecular complexity index is 1150. The number of amides is 2. The highest BCUT2D eigenvalue weighted by atomic mass is 35.5. The molecular formula is C25H32ClN5O6. The summed E-state index contributed by atoms with van der Waals surface area (Å²) >= 11 is 6.16. The maximum Gasteiger partial charge on any atom is 0.322 e. The number of anilines is 1. The molecule has 0 aliphatic carbocycles. The van der Waals surface area contributed by atoms with E-state index in [1.54, 1.807) is 36.5 Å². The summed E-state index contributed by atoms with van der Waals surface area (Å²) in [6.45, 7) is 5.33. The predicted molar refractivity (Wildman–Crippen MR) is 137 cm³/mol. The van der Waals surface area contributed by atoms with Gasteiger partial charge in [0, 0.05) is 18.3 Å². The van der Waals surface area contributed by atoms with E-state index in [1.807, 2.05) is 13.8 Å². The van der Waals surface area contributed by atoms with Crippen molar-refractivity contribution in [2.75, 3.05) is 18.5 Å². The molecule has 2 amide bonds. The molecule has 37 heavy (non-hydrogen) atoms. The van der Waals surface area contributed by atoms with Crippen molar-refractivity contribution in [2.45, 2.75) is 51.9 Å². The Hall–Kier alpha value is -3.41. The molecule has 4 N–H and O–H groups in total. The van der Waals surface area contributed by atoms with Crippen LogP contribution in [0, 0.1) is 5.92 Å². The van der Waals surface area contributed by atoms with Crippen molar-refractivity contribution < 1.29 is 29.0 Å². The van der Waals surface area contributed by atoms with Gasteiger partial charge in [0.1, 0.15) is 36.3 Å². The number of ether oxygens (including phenoxy) is 2. The predicted octanol–water partition coefficient (Wildman–Crippen LogP) is 1.95. The Morgan fingerprint density at radius 1 is 1.24 bits per heavy atom. The number of nitrogens with two attached hydrogens (primary N) is 1. The van der Waals surface area contributed by atoms with Crippen LogP contribution in [0.15, 0.2) is 48.4 Å². The third-order valence-corrected chi connectivity index (χ3v) is 5.74. The zero-order chi connectivity index (χ0) is 27.1. The maximum atomic E-state index is 13.2. The van der Waals surface area contributed by atoms with Gasteiger partial charge in [0.05, 0.1) is 18.1 Å². The molecule has 0 bridgehead atoms. The summed E-state index contributed by atoms with van der Waals surface area (Å²) in [5, 5.41) is 17.5. The highest BCUT2D eigenvalue weighted by Crippen LogP contribution is 2.28. The topological polar surface area (TPSA) is 149 Å². The van der Waals surface area contributed by atoms with Crippen LogP contribution in [-0.2, 0) is 25.7 Å². The van der Waals surface area contributed by atoms with E-state index < -0.39 is 30.1 Å². The smallest absolute Gasteiger partial charge is 0.322 e. The van der Waals surface area contributed by atoms with Crippen molar-refractivity contribution >= 4 is 35.2 Å². The summed E-state index contributed by atoms with van der Waals surface area (Å²) in [4.78, 5) is 38.9. The first-order valence-electron chi connectivity index (χ1n) is 11.9. The second kappa shape index (κ2) is 12.7. The van der Waals surface area contributed by atoms with Crippen LogP contribution in [0.3, 0.4) is 0 Å². The molecule has 1 aromatic heterocycles. The van der Waals surface area contributed by atoms with E-state index in [9.17, 15) is 19.5 Å². The maximum absolute atomic E-state index is 13.2. The van der Waals surface area contributed by atoms with E-state index >= 15 is 0 Å². The molecule has 0 spiro atoms. The fourth-order valence-electron chi connectivity index (χ4n) is 3.65. The Balaban J connectivity index is 1.61. The average Bonchev–Trinajstić information content (AvgIpc) is 3.42. The molecule has 1 aliphatic rings. The van der Waals surface area contributed by atoms with Gasteiger partial charge in [-0.15, -0.1) is 0 Å². The lowest BCUT2D eigenvalue weighted by molar-refractivity contribution is -0.148. The van der Waals surface area contributed by atoms with Gasteiger partial charge in [-0.05, 0) is 31.4 Å². The van der Waals surface area contributed by atoms with Crippen LogP contribution in [0.5, 0.6) is 5.75 Å². The van der Waals surface area contributed by atoms with Crippen molar-refractivity contribution in [3.05, 3.63) is 53.4 Å². The van der Waals surface area contributed by atoms with Gasteiger partial charge < -0.3 is 30.5 Å². The molecule has 11 nitrogen and oxygen atoms in total. The van der Waals surface area contributed by atoms with E-state index in [4.69, 9.17) is 26.8 Å². The first-order valence-corrected chi connectivity index (χ1v) is 12.3. The average molecular weight is 534 g/mol. The fraction of sp³-hybridized carbons (Fsp3) is 0.440. The van der Waals surface area contributed by atoms with Gasteiger partial charge in [0.25, 0.3) is 5.91 Å². The minimum absolute atomic E-state index is 0.0365. The minimum atomic E-state index is -1.01. The van der Waals surface area contributed by atoms with Crippen LogP contribution < -0.4 is 15.8 Å². The van der Waals surface area contributed by atoms with Crippen molar-refractivity contribution in [1.29, 1.82) is 0 Å². The number of carbonyl (C=O) groups is 3. The number of aliphatic hydroxyl groups excluding tert-OH is 1. The zero-order valence-electron chi connectivity index (χ0n) is 21.0. The van der Waals surface area contributed by atoms with Gasteiger partial charge in [-0.1, -0.05) is 37.6 Å². The molecule has 3 atom stereocenters. The first kappa shape index (κ1) is 28.2. The monoisotopic (exact) mass is 533 g/mol. The van der Waals surface area contributed by atoms with Crippen molar-refractivity contribution in [2.24, 2.45) is 11.7 Å². The van der Waals surface area contributed by atoms with Crippen LogP contribution in [0.2, 0.25) is 5.02 Å². The van der Waals surface area contributed by atoms with Crippen molar-refractivity contribution in [3.8, 4) is 5.75 Å². The number of para-hydroxylation sites is 1. The lowest BCUT2D eigenvalue weighted by atomic mass is 10.0. The number of hydrogen-bond donors (Lipinski definition) is 3. The first-order chi connectivity index (χ1) is 17.5. The molecule has 3 rings (SSSR count). The summed E-state index contributed by atoms with van der Waals surface area (Å²) in [5.74, 6) is -0.147. The number of benzene rings is 1. The normalized spacial score (nSPS) is 15.8. The summed E-state index contributed by atoms with van der Waals surface area (Å²) in [6, 6.07) is 6.96. The molecule has 0 unspecified atom stereocenters. The zero-order valence-corrected chi connectivity index (χ0v) is 21.7. The summed E-state index contributed by atoms with van der Waals surface area (Å²) < 4.78 is 12.1. The standard InChI is InChI=1S/C25H32ClN5O6/c1-15(2)10-20(31-13-18(11-23(31)33)37-21-7-5-4-6-19(21)26)24(34)28-22-8-9-30(29-22)12-17(32)14-36-25(35)16(3)27/h4-9,11,15-17,20,32H,10,12-14,27H2,1-3H3,(H,28,29,34)/t16-,17+,20-/m0/s1. The second-order valence-electron chi connectivity index (χ2n) is 9.24. The number of nitrogens with one attached hydrogen (secondary N) is 1. The van der Waals surface area contributed by atoms with Crippen LogP contribution in [0.4, 0.5) is 5.82 Å². The Kier molecular flexibility index (Phi) is 9.67. The number of aliphatic hydroxyl groups is 1. The Morgan fingerprint density at radius 3 is 2.65 bits per heavy atom. The SMILES string of the molecule is CC(C)C[C@@H](C(=O)Nc1ccn(C[C@@H](O)COC(=O)[C@H](C)N)n1)N1CC(Oc2ccccc2Cl)=CC1=O. The molecule has 2 aromatic rings. The van der Waals surface area contributed by atoms with Crippen LogP contribution in [0.25, 0.3) is 0 Å². The Labute approximate surface area is 220 Å². The Morgan fingerprint density at radius 2 is 1.97 bits per heavy atom. The third kappa shape index (κ3) is 8.04. The van der Waals surface area contributed by atoms with Gasteiger partial charge in [-0.3, -0.25) is 19.1 Å². The molecule has 1 aromatic carbocycles. The van der Waals surface area contributed by atoms with Crippen LogP contribution in [0.1, 0.15) is 27.2 Å². The van der Waals surface area contributed by atoms with E-state index in [0.717, 1.165) is 0 Å². The van der Waals surface area contributed by atoms with Gasteiger partial charge in [-0.2, -0.15) is 5.10 Å². The van der Waals surface area contributed by atoms with Crippen molar-refractivity contribution in [3.63, 3.8) is 0 Å². The molecule has 0 saturated heterocycles. The molecule has 1 aliphatic heterocycles. The number of carbonyl (C=O) groups excluding carboxylic acids is 3.